The zero-order valence-corrected chi connectivity index (χ0v) is 16.5. The molecule has 0 aliphatic carbocycles. The minimum absolute atomic E-state index is 0.0813. The Morgan fingerprint density at radius 1 is 1.17 bits per heavy atom. The molecule has 2 aromatic rings. The van der Waals surface area contributed by atoms with Gasteiger partial charge in [-0.05, 0) is 32.9 Å². The number of nitrogens with one attached hydrogen (secondary N) is 2. The molecule has 0 spiro atoms. The van der Waals surface area contributed by atoms with Crippen LogP contribution < -0.4 is 10.6 Å². The van der Waals surface area contributed by atoms with Crippen LogP contribution in [0.4, 0.5) is 25.0 Å². The van der Waals surface area contributed by atoms with Gasteiger partial charge in [-0.2, -0.15) is 8.78 Å². The highest BCUT2D eigenvalue weighted by Crippen LogP contribution is 2.36. The zero-order chi connectivity index (χ0) is 21.6. The van der Waals surface area contributed by atoms with Crippen LogP contribution in [0.5, 0.6) is 0 Å². The van der Waals surface area contributed by atoms with Crippen molar-refractivity contribution in [1.29, 1.82) is 0 Å². The van der Waals surface area contributed by atoms with Crippen molar-refractivity contribution in [2.75, 3.05) is 10.6 Å². The van der Waals surface area contributed by atoms with Crippen LogP contribution in [-0.2, 0) is 20.9 Å². The largest absolute Gasteiger partial charge is 0.444 e. The second-order valence-electron chi connectivity index (χ2n) is 7.00. The molecule has 10 heteroatoms. The Morgan fingerprint density at radius 2 is 1.90 bits per heavy atom. The fourth-order valence-corrected chi connectivity index (χ4v) is 2.38. The number of carbonyl (C=O) groups excluding carboxylic acids is 2. The van der Waals surface area contributed by atoms with Gasteiger partial charge >= 0.3 is 12.7 Å². The molecular formula is C19H22F2N4O4. The van der Waals surface area contributed by atoms with Gasteiger partial charge in [0.1, 0.15) is 5.60 Å². The summed E-state index contributed by atoms with van der Waals surface area (Å²) in [6, 6.07) is 3.36. The molecule has 156 valence electrons. The molecule has 2 N–H and O–H groups in total. The quantitative estimate of drug-likeness (QED) is 0.743. The first-order valence-electron chi connectivity index (χ1n) is 8.66. The molecule has 0 atom stereocenters. The maximum absolute atomic E-state index is 12.5. The number of carbonyl (C=O) groups is 2. The second-order valence-corrected chi connectivity index (χ2v) is 7.00. The molecule has 2 heterocycles. The maximum atomic E-state index is 12.5. The summed E-state index contributed by atoms with van der Waals surface area (Å²) < 4.78 is 34.7. The van der Waals surface area contributed by atoms with E-state index in [4.69, 9.17) is 4.74 Å². The number of ether oxygens (including phenoxy) is 2. The second kappa shape index (κ2) is 9.37. The standard InChI is InChI=1S/C19H22F2N4O4/c1-11(26)24-15-13(10-28-17(20)21)9-23-14(12-6-5-7-22-8-12)16(15)25-18(27)29-19(2,3)4/h5-9,17H,10H2,1-4H3,(H,25,27)(H,23,24,26). The van der Waals surface area contributed by atoms with Gasteiger partial charge < -0.3 is 14.8 Å². The van der Waals surface area contributed by atoms with E-state index >= 15 is 0 Å². The van der Waals surface area contributed by atoms with Crippen molar-refractivity contribution in [1.82, 2.24) is 9.97 Å². The molecular weight excluding hydrogens is 386 g/mol. The van der Waals surface area contributed by atoms with Crippen molar-refractivity contribution in [3.05, 3.63) is 36.3 Å². The van der Waals surface area contributed by atoms with E-state index in [2.05, 4.69) is 25.3 Å². The van der Waals surface area contributed by atoms with E-state index in [0.29, 0.717) is 5.56 Å². The van der Waals surface area contributed by atoms with Gasteiger partial charge in [0.2, 0.25) is 5.91 Å². The lowest BCUT2D eigenvalue weighted by Crippen LogP contribution is -2.28. The van der Waals surface area contributed by atoms with Crippen LogP contribution in [0.2, 0.25) is 0 Å². The number of hydrogen-bond donors (Lipinski definition) is 2. The first kappa shape index (κ1) is 22.2. The first-order valence-corrected chi connectivity index (χ1v) is 8.66. The van der Waals surface area contributed by atoms with Crippen LogP contribution in [0.25, 0.3) is 11.3 Å². The SMILES string of the molecule is CC(=O)Nc1c(COC(F)F)cnc(-c2cccnc2)c1NC(=O)OC(C)(C)C. The molecule has 2 rings (SSSR count). The normalized spacial score (nSPS) is 11.3. The van der Waals surface area contributed by atoms with Crippen molar-refractivity contribution in [2.45, 2.75) is 46.5 Å². The predicted octanol–water partition coefficient (Wildman–Crippen LogP) is 4.19. The highest BCUT2D eigenvalue weighted by Gasteiger charge is 2.23. The number of pyridine rings is 2. The number of amides is 2. The summed E-state index contributed by atoms with van der Waals surface area (Å²) in [5.41, 5.74) is 0.339. The number of alkyl halides is 2. The van der Waals surface area contributed by atoms with E-state index in [1.165, 1.54) is 19.3 Å². The van der Waals surface area contributed by atoms with Gasteiger partial charge in [-0.3, -0.25) is 20.1 Å². The van der Waals surface area contributed by atoms with Crippen LogP contribution in [-0.4, -0.2) is 34.2 Å². The minimum Gasteiger partial charge on any atom is -0.444 e. The average Bonchev–Trinajstić information content (AvgIpc) is 2.60. The van der Waals surface area contributed by atoms with Gasteiger partial charge in [0.25, 0.3) is 0 Å². The van der Waals surface area contributed by atoms with Crippen molar-refractivity contribution in [3.8, 4) is 11.3 Å². The van der Waals surface area contributed by atoms with Gasteiger partial charge in [0.15, 0.2) is 0 Å². The Labute approximate surface area is 166 Å². The summed E-state index contributed by atoms with van der Waals surface area (Å²) in [4.78, 5) is 32.4. The van der Waals surface area contributed by atoms with E-state index in [0.717, 1.165) is 0 Å². The summed E-state index contributed by atoms with van der Waals surface area (Å²) in [5.74, 6) is -0.473. The van der Waals surface area contributed by atoms with Gasteiger partial charge in [-0.25, -0.2) is 4.79 Å². The molecule has 0 unspecified atom stereocenters. The molecule has 29 heavy (non-hydrogen) atoms. The molecule has 0 bridgehead atoms. The Bertz CT molecular complexity index is 871. The third-order valence-electron chi connectivity index (χ3n) is 3.38. The molecule has 8 nitrogen and oxygen atoms in total. The highest BCUT2D eigenvalue weighted by molar-refractivity contribution is 6.02. The van der Waals surface area contributed by atoms with E-state index in [1.54, 1.807) is 39.1 Å². The summed E-state index contributed by atoms with van der Waals surface area (Å²) in [5, 5.41) is 5.11. The lowest BCUT2D eigenvalue weighted by atomic mass is 10.1. The molecule has 0 saturated carbocycles. The molecule has 0 aromatic carbocycles. The monoisotopic (exact) mass is 408 g/mol. The third kappa shape index (κ3) is 6.75. The Hall–Kier alpha value is -3.14. The van der Waals surface area contributed by atoms with Crippen molar-refractivity contribution in [2.24, 2.45) is 0 Å². The fourth-order valence-electron chi connectivity index (χ4n) is 2.38. The van der Waals surface area contributed by atoms with Gasteiger partial charge in [-0.1, -0.05) is 0 Å². The van der Waals surface area contributed by atoms with Crippen LogP contribution in [0.1, 0.15) is 33.3 Å². The summed E-state index contributed by atoms with van der Waals surface area (Å²) in [7, 11) is 0. The number of hydrogen-bond acceptors (Lipinski definition) is 6. The molecule has 0 aliphatic heterocycles. The van der Waals surface area contributed by atoms with Gasteiger partial charge in [0, 0.05) is 36.6 Å². The Kier molecular flexibility index (Phi) is 7.16. The summed E-state index contributed by atoms with van der Waals surface area (Å²) >= 11 is 0. The summed E-state index contributed by atoms with van der Waals surface area (Å²) in [6.07, 6.45) is 3.55. The number of anilines is 2. The Morgan fingerprint density at radius 3 is 2.45 bits per heavy atom. The molecule has 0 radical (unpaired) electrons. The van der Waals surface area contributed by atoms with Crippen molar-refractivity contribution < 1.29 is 27.8 Å². The number of aromatic nitrogens is 2. The van der Waals surface area contributed by atoms with Gasteiger partial charge in [0.05, 0.1) is 23.7 Å². The fraction of sp³-hybridized carbons (Fsp3) is 0.368. The van der Waals surface area contributed by atoms with Gasteiger partial charge in [-0.15, -0.1) is 0 Å². The molecule has 2 aromatic heterocycles. The lowest BCUT2D eigenvalue weighted by Gasteiger charge is -2.22. The van der Waals surface area contributed by atoms with Crippen LogP contribution in [0.3, 0.4) is 0 Å². The predicted molar refractivity (Wildman–Crippen MR) is 102 cm³/mol. The van der Waals surface area contributed by atoms with Crippen LogP contribution in [0, 0.1) is 0 Å². The smallest absolute Gasteiger partial charge is 0.412 e. The van der Waals surface area contributed by atoms with E-state index in [9.17, 15) is 18.4 Å². The van der Waals surface area contributed by atoms with Crippen molar-refractivity contribution in [3.63, 3.8) is 0 Å². The third-order valence-corrected chi connectivity index (χ3v) is 3.38. The first-order chi connectivity index (χ1) is 13.6. The molecule has 0 fully saturated rings. The average molecular weight is 408 g/mol. The molecule has 0 saturated heterocycles. The van der Waals surface area contributed by atoms with Crippen molar-refractivity contribution >= 4 is 23.4 Å². The van der Waals surface area contributed by atoms with E-state index in [-0.39, 0.29) is 22.6 Å². The number of nitrogens with zero attached hydrogens (tertiary/aromatic N) is 2. The summed E-state index contributed by atoms with van der Waals surface area (Å²) in [6.45, 7) is 2.77. The maximum Gasteiger partial charge on any atom is 0.412 e. The number of halogens is 2. The lowest BCUT2D eigenvalue weighted by molar-refractivity contribution is -0.137. The molecule has 2 amide bonds. The minimum atomic E-state index is -3.01. The van der Waals surface area contributed by atoms with E-state index < -0.39 is 30.8 Å². The Balaban J connectivity index is 2.58. The topological polar surface area (TPSA) is 102 Å². The molecule has 0 aliphatic rings. The number of rotatable bonds is 6. The highest BCUT2D eigenvalue weighted by atomic mass is 19.3. The van der Waals surface area contributed by atoms with Crippen LogP contribution in [0.15, 0.2) is 30.7 Å². The van der Waals surface area contributed by atoms with E-state index in [1.807, 2.05) is 0 Å². The van der Waals surface area contributed by atoms with Crippen LogP contribution >= 0.6 is 0 Å². The zero-order valence-electron chi connectivity index (χ0n) is 16.5.